The first-order valence-corrected chi connectivity index (χ1v) is 9.02. The minimum atomic E-state index is 0.329. The summed E-state index contributed by atoms with van der Waals surface area (Å²) in [4.78, 5) is 0. The van der Waals surface area contributed by atoms with E-state index in [-0.39, 0.29) is 0 Å². The SMILES string of the molecule is Cc1cc(Br)ccc1OCC1(CBr)CCCCCC1. The Balaban J connectivity index is 2.02. The molecule has 0 atom stereocenters. The molecule has 0 radical (unpaired) electrons. The van der Waals surface area contributed by atoms with Crippen LogP contribution in [0.3, 0.4) is 0 Å². The Morgan fingerprint density at radius 3 is 2.42 bits per heavy atom. The topological polar surface area (TPSA) is 9.23 Å². The number of benzene rings is 1. The molecule has 1 aliphatic rings. The van der Waals surface area contributed by atoms with Crippen molar-refractivity contribution < 1.29 is 4.74 Å². The van der Waals surface area contributed by atoms with Gasteiger partial charge in [0.05, 0.1) is 6.61 Å². The van der Waals surface area contributed by atoms with Crippen molar-refractivity contribution in [2.45, 2.75) is 45.4 Å². The van der Waals surface area contributed by atoms with Crippen molar-refractivity contribution in [1.29, 1.82) is 0 Å². The van der Waals surface area contributed by atoms with Crippen molar-refractivity contribution in [3.05, 3.63) is 28.2 Å². The van der Waals surface area contributed by atoms with Crippen LogP contribution < -0.4 is 4.74 Å². The lowest BCUT2D eigenvalue weighted by molar-refractivity contribution is 0.148. The van der Waals surface area contributed by atoms with Crippen LogP contribution in [-0.4, -0.2) is 11.9 Å². The Hall–Kier alpha value is -0.0200. The minimum absolute atomic E-state index is 0.329. The highest BCUT2D eigenvalue weighted by molar-refractivity contribution is 9.10. The summed E-state index contributed by atoms with van der Waals surface area (Å²) in [5, 5.41) is 1.05. The Labute approximate surface area is 133 Å². The van der Waals surface area contributed by atoms with Crippen LogP contribution in [-0.2, 0) is 0 Å². The summed E-state index contributed by atoms with van der Waals surface area (Å²) in [7, 11) is 0. The molecule has 1 saturated carbocycles. The van der Waals surface area contributed by atoms with Gasteiger partial charge in [0.15, 0.2) is 0 Å². The quantitative estimate of drug-likeness (QED) is 0.462. The van der Waals surface area contributed by atoms with Gasteiger partial charge in [-0.05, 0) is 43.5 Å². The summed E-state index contributed by atoms with van der Waals surface area (Å²) in [6.07, 6.45) is 8.02. The third-order valence-electron chi connectivity index (χ3n) is 4.12. The summed E-state index contributed by atoms with van der Waals surface area (Å²) in [5.41, 5.74) is 1.53. The second-order valence-corrected chi connectivity index (χ2v) is 7.22. The lowest BCUT2D eigenvalue weighted by atomic mass is 9.83. The van der Waals surface area contributed by atoms with Crippen LogP contribution in [0.2, 0.25) is 0 Å². The monoisotopic (exact) mass is 388 g/mol. The van der Waals surface area contributed by atoms with Gasteiger partial charge in [-0.25, -0.2) is 0 Å². The number of ether oxygens (including phenoxy) is 1. The van der Waals surface area contributed by atoms with E-state index in [1.807, 2.05) is 0 Å². The fourth-order valence-corrected chi connectivity index (χ4v) is 4.00. The lowest BCUT2D eigenvalue weighted by Gasteiger charge is -2.30. The Morgan fingerprint density at radius 2 is 1.84 bits per heavy atom. The number of hydrogen-bond donors (Lipinski definition) is 0. The fraction of sp³-hybridized carbons (Fsp3) is 0.625. The Bertz CT molecular complexity index is 409. The molecule has 0 amide bonds. The van der Waals surface area contributed by atoms with Gasteiger partial charge in [-0.3, -0.25) is 0 Å². The van der Waals surface area contributed by atoms with Gasteiger partial charge in [0.25, 0.3) is 0 Å². The molecular weight excluding hydrogens is 368 g/mol. The average molecular weight is 390 g/mol. The van der Waals surface area contributed by atoms with Crippen molar-refractivity contribution >= 4 is 31.9 Å². The van der Waals surface area contributed by atoms with E-state index < -0.39 is 0 Å². The Kier molecular flexibility index (Phi) is 5.76. The lowest BCUT2D eigenvalue weighted by Crippen LogP contribution is -2.30. The number of halogens is 2. The molecule has 19 heavy (non-hydrogen) atoms. The first kappa shape index (κ1) is 15.4. The maximum atomic E-state index is 6.13. The minimum Gasteiger partial charge on any atom is -0.493 e. The molecule has 1 nitrogen and oxygen atoms in total. The van der Waals surface area contributed by atoms with Crippen LogP contribution in [0.5, 0.6) is 5.75 Å². The van der Waals surface area contributed by atoms with Crippen molar-refractivity contribution in [3.63, 3.8) is 0 Å². The van der Waals surface area contributed by atoms with Crippen molar-refractivity contribution in [2.75, 3.05) is 11.9 Å². The van der Waals surface area contributed by atoms with E-state index >= 15 is 0 Å². The molecule has 0 N–H and O–H groups in total. The van der Waals surface area contributed by atoms with Gasteiger partial charge in [-0.1, -0.05) is 57.5 Å². The molecule has 2 rings (SSSR count). The summed E-state index contributed by atoms with van der Waals surface area (Å²) in [6.45, 7) is 2.94. The zero-order valence-electron chi connectivity index (χ0n) is 11.6. The molecule has 0 unspecified atom stereocenters. The third-order valence-corrected chi connectivity index (χ3v) is 5.80. The highest BCUT2D eigenvalue weighted by Gasteiger charge is 2.30. The molecule has 3 heteroatoms. The van der Waals surface area contributed by atoms with Crippen LogP contribution in [0, 0.1) is 12.3 Å². The second-order valence-electron chi connectivity index (χ2n) is 5.75. The number of rotatable bonds is 4. The Morgan fingerprint density at radius 1 is 1.16 bits per heavy atom. The molecule has 0 aromatic heterocycles. The van der Waals surface area contributed by atoms with Gasteiger partial charge in [0.1, 0.15) is 5.75 Å². The summed E-state index contributed by atoms with van der Waals surface area (Å²) in [5.74, 6) is 1.02. The highest BCUT2D eigenvalue weighted by atomic mass is 79.9. The maximum absolute atomic E-state index is 6.13. The number of alkyl halides is 1. The molecule has 1 aromatic carbocycles. The van der Waals surface area contributed by atoms with Gasteiger partial charge in [0, 0.05) is 15.2 Å². The third kappa shape index (κ3) is 4.22. The molecule has 0 saturated heterocycles. The van der Waals surface area contributed by atoms with E-state index in [1.54, 1.807) is 0 Å². The van der Waals surface area contributed by atoms with Crippen LogP contribution >= 0.6 is 31.9 Å². The zero-order chi connectivity index (χ0) is 13.7. The maximum Gasteiger partial charge on any atom is 0.122 e. The first-order chi connectivity index (χ1) is 9.15. The van der Waals surface area contributed by atoms with E-state index in [4.69, 9.17) is 4.74 Å². The van der Waals surface area contributed by atoms with E-state index in [2.05, 4.69) is 57.0 Å². The molecule has 1 fully saturated rings. The first-order valence-electron chi connectivity index (χ1n) is 7.10. The van der Waals surface area contributed by atoms with Gasteiger partial charge < -0.3 is 4.74 Å². The fourth-order valence-electron chi connectivity index (χ4n) is 2.80. The average Bonchev–Trinajstić information content (AvgIpc) is 2.64. The molecule has 0 spiro atoms. The van der Waals surface area contributed by atoms with E-state index in [0.29, 0.717) is 5.41 Å². The van der Waals surface area contributed by atoms with Gasteiger partial charge in [0.2, 0.25) is 0 Å². The van der Waals surface area contributed by atoms with Crippen LogP contribution in [0.25, 0.3) is 0 Å². The summed E-state index contributed by atoms with van der Waals surface area (Å²) < 4.78 is 7.24. The van der Waals surface area contributed by atoms with E-state index in [9.17, 15) is 0 Å². The highest BCUT2D eigenvalue weighted by Crippen LogP contribution is 2.37. The van der Waals surface area contributed by atoms with Crippen molar-refractivity contribution in [3.8, 4) is 5.75 Å². The molecule has 0 bridgehead atoms. The van der Waals surface area contributed by atoms with Crippen LogP contribution in [0.4, 0.5) is 0 Å². The number of hydrogen-bond acceptors (Lipinski definition) is 1. The van der Waals surface area contributed by atoms with E-state index in [1.165, 1.54) is 44.1 Å². The van der Waals surface area contributed by atoms with Gasteiger partial charge in [-0.15, -0.1) is 0 Å². The zero-order valence-corrected chi connectivity index (χ0v) is 14.7. The predicted molar refractivity (Wildman–Crippen MR) is 88.3 cm³/mol. The molecular formula is C16H22Br2O. The second kappa shape index (κ2) is 7.12. The molecule has 1 aliphatic carbocycles. The normalized spacial score (nSPS) is 18.9. The molecule has 0 aliphatic heterocycles. The molecule has 1 aromatic rings. The molecule has 106 valence electrons. The number of aryl methyl sites for hydroxylation is 1. The summed E-state index contributed by atoms with van der Waals surface area (Å²) in [6, 6.07) is 6.23. The van der Waals surface area contributed by atoms with Gasteiger partial charge >= 0.3 is 0 Å². The van der Waals surface area contributed by atoms with E-state index in [0.717, 1.165) is 22.2 Å². The largest absolute Gasteiger partial charge is 0.493 e. The van der Waals surface area contributed by atoms with Crippen molar-refractivity contribution in [2.24, 2.45) is 5.41 Å². The smallest absolute Gasteiger partial charge is 0.122 e. The standard InChI is InChI=1S/C16H22Br2O/c1-13-10-14(18)6-7-15(13)19-12-16(11-17)8-4-2-3-5-9-16/h6-7,10H,2-5,8-9,11-12H2,1H3. The summed E-state index contributed by atoms with van der Waals surface area (Å²) >= 11 is 7.21. The van der Waals surface area contributed by atoms with Crippen molar-refractivity contribution in [1.82, 2.24) is 0 Å². The van der Waals surface area contributed by atoms with Gasteiger partial charge in [-0.2, -0.15) is 0 Å². The molecule has 0 heterocycles. The van der Waals surface area contributed by atoms with Crippen LogP contribution in [0.1, 0.15) is 44.1 Å². The predicted octanol–water partition coefficient (Wildman–Crippen LogP) is 5.87. The van der Waals surface area contributed by atoms with Crippen LogP contribution in [0.15, 0.2) is 22.7 Å².